The molecule has 16 nitrogen and oxygen atoms in total. The average molecular weight is 853 g/mol. The number of rotatable bonds is 13. The molecule has 0 saturated heterocycles. The second kappa shape index (κ2) is 16.2. The van der Waals surface area contributed by atoms with Crippen molar-refractivity contribution in [3.8, 4) is 33.9 Å². The molecule has 2 unspecified atom stereocenters. The highest BCUT2D eigenvalue weighted by Gasteiger charge is 2.62. The fourth-order valence-corrected chi connectivity index (χ4v) is 7.36. The summed E-state index contributed by atoms with van der Waals surface area (Å²) in [6.45, 7) is 19.4. The van der Waals surface area contributed by atoms with Gasteiger partial charge in [-0.2, -0.15) is 0 Å². The molecule has 4 atom stereocenters. The zero-order valence-electron chi connectivity index (χ0n) is 38.7. The largest absolute Gasteiger partial charge is 0.432 e. The van der Waals surface area contributed by atoms with Gasteiger partial charge >= 0.3 is 12.2 Å². The van der Waals surface area contributed by atoms with E-state index in [0.717, 1.165) is 42.5 Å². The number of aromatic nitrogens is 6. The van der Waals surface area contributed by atoms with Gasteiger partial charge in [-0.05, 0) is 55.9 Å². The van der Waals surface area contributed by atoms with Gasteiger partial charge in [0.1, 0.15) is 17.3 Å². The summed E-state index contributed by atoms with van der Waals surface area (Å²) in [5.74, 6) is 0.391. The van der Waals surface area contributed by atoms with Crippen LogP contribution in [0.2, 0.25) is 0 Å². The van der Waals surface area contributed by atoms with E-state index in [0.29, 0.717) is 28.7 Å². The number of aromatic amines is 2. The molecule has 3 aromatic heterocycles. The van der Waals surface area contributed by atoms with Gasteiger partial charge in [-0.3, -0.25) is 19.6 Å². The lowest BCUT2D eigenvalue weighted by molar-refractivity contribution is -0.148. The third-order valence-electron chi connectivity index (χ3n) is 12.9. The van der Waals surface area contributed by atoms with Crippen molar-refractivity contribution in [2.24, 2.45) is 21.7 Å². The molecule has 4 amide bonds. The van der Waals surface area contributed by atoms with Crippen LogP contribution in [0, 0.1) is 21.7 Å². The normalized spacial score (nSPS) is 18.2. The van der Waals surface area contributed by atoms with Crippen LogP contribution in [0.25, 0.3) is 33.9 Å². The van der Waals surface area contributed by atoms with E-state index in [2.05, 4.69) is 25.6 Å². The number of hydrogen-bond acceptors (Lipinski definition) is 10. The van der Waals surface area contributed by atoms with E-state index in [1.807, 2.05) is 79.7 Å². The average Bonchev–Trinajstić information content (AvgIpc) is 4.00. The maximum absolute atomic E-state index is 14.0. The first-order valence-corrected chi connectivity index (χ1v) is 21.2. The van der Waals surface area contributed by atoms with Gasteiger partial charge in [0.25, 0.3) is 11.8 Å². The number of amides is 4. The van der Waals surface area contributed by atoms with Crippen LogP contribution in [0.5, 0.6) is 0 Å². The van der Waals surface area contributed by atoms with Crippen LogP contribution in [0.4, 0.5) is 9.59 Å². The number of benzene rings is 1. The molecule has 1 aromatic carbocycles. The van der Waals surface area contributed by atoms with Gasteiger partial charge < -0.3 is 39.9 Å². The Bertz CT molecular complexity index is 2130. The Morgan fingerprint density at radius 3 is 1.32 bits per heavy atom. The summed E-state index contributed by atoms with van der Waals surface area (Å²) in [7, 11) is 6.39. The summed E-state index contributed by atoms with van der Waals surface area (Å²) in [5, 5.41) is 6.33. The van der Waals surface area contributed by atoms with E-state index in [1.165, 1.54) is 9.80 Å². The van der Waals surface area contributed by atoms with Crippen LogP contribution < -0.4 is 10.6 Å². The first-order chi connectivity index (χ1) is 28.7. The molecule has 62 heavy (non-hydrogen) atoms. The molecule has 4 aromatic rings. The molecule has 3 heterocycles. The first kappa shape index (κ1) is 45.7. The van der Waals surface area contributed by atoms with Crippen molar-refractivity contribution < 1.29 is 28.7 Å². The van der Waals surface area contributed by atoms with Gasteiger partial charge in [0.15, 0.2) is 11.2 Å². The van der Waals surface area contributed by atoms with Crippen molar-refractivity contribution in [2.45, 2.75) is 118 Å². The number of carbonyl (C=O) groups is 4. The van der Waals surface area contributed by atoms with Crippen molar-refractivity contribution in [3.05, 3.63) is 60.7 Å². The van der Waals surface area contributed by atoms with Gasteiger partial charge in [-0.25, -0.2) is 19.6 Å². The Morgan fingerprint density at radius 1 is 0.581 bits per heavy atom. The molecule has 2 saturated carbocycles. The van der Waals surface area contributed by atoms with Gasteiger partial charge in [-0.15, -0.1) is 0 Å². The number of imidazole rings is 2. The van der Waals surface area contributed by atoms with Crippen LogP contribution in [0.1, 0.15) is 119 Å². The fourth-order valence-electron chi connectivity index (χ4n) is 7.36. The number of carbonyl (C=O) groups excluding carboxylic acids is 4. The molecular weight excluding hydrogens is 789 g/mol. The Labute approximate surface area is 364 Å². The smallest absolute Gasteiger partial charge is 0.410 e. The fraction of sp³-hybridized carbons (Fsp3) is 0.565. The third kappa shape index (κ3) is 9.05. The van der Waals surface area contributed by atoms with Crippen LogP contribution in [0.3, 0.4) is 0 Å². The van der Waals surface area contributed by atoms with Gasteiger partial charge in [-0.1, -0.05) is 79.7 Å². The zero-order valence-corrected chi connectivity index (χ0v) is 38.7. The lowest BCUT2D eigenvalue weighted by Crippen LogP contribution is -2.56. The second-order valence-corrected chi connectivity index (χ2v) is 20.5. The molecule has 334 valence electrons. The lowest BCUT2D eigenvalue weighted by atomic mass is 9.83. The highest BCUT2D eigenvalue weighted by molar-refractivity contribution is 5.90. The number of nitrogens with one attached hydrogen (secondary N) is 4. The van der Waals surface area contributed by atoms with Crippen LogP contribution in [-0.4, -0.2) is 103 Å². The molecule has 2 aliphatic carbocycles. The minimum Gasteiger partial charge on any atom is -0.432 e. The Morgan fingerprint density at radius 2 is 0.952 bits per heavy atom. The summed E-state index contributed by atoms with van der Waals surface area (Å²) in [6, 6.07) is 6.81. The summed E-state index contributed by atoms with van der Waals surface area (Å²) >= 11 is 0. The molecule has 16 heteroatoms. The minimum absolute atomic E-state index is 0.361. The maximum Gasteiger partial charge on any atom is 0.410 e. The summed E-state index contributed by atoms with van der Waals surface area (Å²) in [5.41, 5.74) is -0.154. The molecule has 2 aliphatic rings. The Balaban J connectivity index is 1.15. The highest BCUT2D eigenvalue weighted by atomic mass is 16.6. The molecule has 4 N–H and O–H groups in total. The van der Waals surface area contributed by atoms with E-state index in [4.69, 9.17) is 24.4 Å². The third-order valence-corrected chi connectivity index (χ3v) is 12.9. The van der Waals surface area contributed by atoms with Crippen molar-refractivity contribution >= 4 is 24.0 Å². The molecule has 2 fully saturated rings. The first-order valence-electron chi connectivity index (χ1n) is 21.2. The summed E-state index contributed by atoms with van der Waals surface area (Å²) < 4.78 is 11.7. The minimum atomic E-state index is -1.37. The monoisotopic (exact) mass is 853 g/mol. The Hall–Kier alpha value is -5.80. The van der Waals surface area contributed by atoms with E-state index in [-0.39, 0.29) is 11.8 Å². The van der Waals surface area contributed by atoms with E-state index >= 15 is 0 Å². The van der Waals surface area contributed by atoms with Crippen molar-refractivity contribution in [1.82, 2.24) is 50.3 Å². The number of ether oxygens (including phenoxy) is 2. The number of hydrogen-bond donors (Lipinski definition) is 4. The molecule has 0 bridgehead atoms. The van der Waals surface area contributed by atoms with Crippen LogP contribution in [0.15, 0.2) is 49.1 Å². The molecular formula is C46H64N10O6. The quantitative estimate of drug-likeness (QED) is 0.103. The van der Waals surface area contributed by atoms with E-state index in [1.54, 1.807) is 66.8 Å². The molecule has 0 radical (unpaired) electrons. The number of H-pyrrole nitrogens is 2. The predicted octanol–water partition coefficient (Wildman–Crippen LogP) is 7.84. The topological polar surface area (TPSA) is 200 Å². The molecule has 0 aliphatic heterocycles. The van der Waals surface area contributed by atoms with Gasteiger partial charge in [0.05, 0.1) is 54.0 Å². The number of nitrogens with zero attached hydrogens (tertiary/aromatic N) is 6. The molecule has 6 rings (SSSR count). The van der Waals surface area contributed by atoms with Crippen molar-refractivity contribution in [3.63, 3.8) is 0 Å². The summed E-state index contributed by atoms with van der Waals surface area (Å²) in [6.07, 6.45) is 8.75. The van der Waals surface area contributed by atoms with Gasteiger partial charge in [0, 0.05) is 44.6 Å². The zero-order chi connectivity index (χ0) is 45.8. The predicted molar refractivity (Wildman–Crippen MR) is 235 cm³/mol. The SMILES string of the molecule is CN(C)C(=O)OC(C)(C(=O)N[C@H](c1ncc(-c2ccc(-c3cnc(-c4cnc([C@@H](NC(=O)C(C)(OC(=O)N(C)C)C5(C)CC5)C(C)(C)C)[nH]4)cn3)cc2)[nH]1)C(C)(C)C)C1(C)CC1. The maximum atomic E-state index is 14.0. The van der Waals surface area contributed by atoms with Crippen LogP contribution >= 0.6 is 0 Å². The van der Waals surface area contributed by atoms with Crippen LogP contribution in [-0.2, 0) is 19.1 Å². The summed E-state index contributed by atoms with van der Waals surface area (Å²) in [4.78, 5) is 81.5. The second-order valence-electron chi connectivity index (χ2n) is 20.5. The van der Waals surface area contributed by atoms with Gasteiger partial charge in [0.2, 0.25) is 0 Å². The lowest BCUT2D eigenvalue weighted by Gasteiger charge is -2.38. The molecule has 0 spiro atoms. The van der Waals surface area contributed by atoms with E-state index in [9.17, 15) is 19.2 Å². The van der Waals surface area contributed by atoms with Crippen molar-refractivity contribution in [2.75, 3.05) is 28.2 Å². The van der Waals surface area contributed by atoms with E-state index < -0.39 is 57.1 Å². The van der Waals surface area contributed by atoms with Crippen molar-refractivity contribution in [1.29, 1.82) is 0 Å². The standard InChI is InChI=1S/C46H64N10O6/c1-41(2,3)33(53-37(57)45(9,43(7)19-20-43)61-39(59)55(11)12)35-49-24-30(51-35)28-17-15-27(16-18-28)29-23-48-31(25-47-29)32-26-50-36(52-32)34(42(4,5)6)54-38(58)46(10,44(8)21-22-44)62-40(60)56(13)14/h15-18,23-26,33-34H,19-22H2,1-14H3,(H,49,51)(H,50,52)(H,53,57)(H,54,58)/t33-,34-,45?,46?/m1/s1. The highest BCUT2D eigenvalue weighted by Crippen LogP contribution is 2.57. The Kier molecular flexibility index (Phi) is 11.9.